The Bertz CT molecular complexity index is 502. The third kappa shape index (κ3) is 3.29. The van der Waals surface area contributed by atoms with Crippen molar-refractivity contribution in [2.24, 2.45) is 5.92 Å². The molecule has 1 aliphatic rings. The highest BCUT2D eigenvalue weighted by Crippen LogP contribution is 2.19. The number of carbonyl (C=O) groups excluding carboxylic acids is 2. The largest absolute Gasteiger partial charge is 0.465 e. The first-order valence-corrected chi connectivity index (χ1v) is 6.85. The van der Waals surface area contributed by atoms with Crippen LogP contribution in [0.3, 0.4) is 0 Å². The second-order valence-electron chi connectivity index (χ2n) is 5.16. The van der Waals surface area contributed by atoms with Crippen LogP contribution in [0, 0.1) is 5.92 Å². The Morgan fingerprint density at radius 1 is 1.35 bits per heavy atom. The van der Waals surface area contributed by atoms with E-state index in [1.54, 1.807) is 29.2 Å². The van der Waals surface area contributed by atoms with Crippen LogP contribution in [0.4, 0.5) is 10.5 Å². The van der Waals surface area contributed by atoms with Crippen LogP contribution in [0.15, 0.2) is 24.3 Å². The normalized spacial score (nSPS) is 18.5. The molecule has 1 heterocycles. The van der Waals surface area contributed by atoms with Gasteiger partial charge in [-0.05, 0) is 30.9 Å². The van der Waals surface area contributed by atoms with E-state index in [1.165, 1.54) is 7.11 Å². The van der Waals surface area contributed by atoms with Gasteiger partial charge in [0.15, 0.2) is 0 Å². The summed E-state index contributed by atoms with van der Waals surface area (Å²) in [5.74, 6) is 0.0678. The predicted molar refractivity (Wildman–Crippen MR) is 76.8 cm³/mol. The van der Waals surface area contributed by atoms with E-state index in [-0.39, 0.29) is 6.03 Å². The van der Waals surface area contributed by atoms with E-state index in [0.29, 0.717) is 17.2 Å². The fourth-order valence-corrected chi connectivity index (χ4v) is 2.45. The van der Waals surface area contributed by atoms with Crippen molar-refractivity contribution in [3.63, 3.8) is 0 Å². The Morgan fingerprint density at radius 3 is 2.80 bits per heavy atom. The Balaban J connectivity index is 2.09. The Morgan fingerprint density at radius 2 is 2.10 bits per heavy atom. The van der Waals surface area contributed by atoms with Crippen LogP contribution < -0.4 is 5.32 Å². The summed E-state index contributed by atoms with van der Waals surface area (Å²) >= 11 is 0. The summed E-state index contributed by atoms with van der Waals surface area (Å²) in [4.78, 5) is 25.7. The number of likely N-dealkylation sites (tertiary alicyclic amines) is 1. The van der Waals surface area contributed by atoms with Gasteiger partial charge in [-0.15, -0.1) is 0 Å². The van der Waals surface area contributed by atoms with Crippen molar-refractivity contribution >= 4 is 17.7 Å². The van der Waals surface area contributed by atoms with Crippen LogP contribution in [0.1, 0.15) is 30.1 Å². The first kappa shape index (κ1) is 14.4. The monoisotopic (exact) mass is 276 g/mol. The molecule has 2 rings (SSSR count). The maximum Gasteiger partial charge on any atom is 0.339 e. The zero-order valence-corrected chi connectivity index (χ0v) is 11.9. The maximum atomic E-state index is 12.2. The summed E-state index contributed by atoms with van der Waals surface area (Å²) in [6, 6.07) is 6.71. The van der Waals surface area contributed by atoms with Crippen LogP contribution in [0.25, 0.3) is 0 Å². The number of nitrogens with zero attached hydrogens (tertiary/aromatic N) is 1. The number of methoxy groups -OCH3 is 1. The zero-order valence-electron chi connectivity index (χ0n) is 11.9. The van der Waals surface area contributed by atoms with Crippen molar-refractivity contribution in [1.82, 2.24) is 4.90 Å². The number of hydrogen-bond acceptors (Lipinski definition) is 3. The Kier molecular flexibility index (Phi) is 4.61. The number of para-hydroxylation sites is 1. The highest BCUT2D eigenvalue weighted by molar-refractivity contribution is 6.00. The number of anilines is 1. The predicted octanol–water partition coefficient (Wildman–Crippen LogP) is 2.74. The summed E-state index contributed by atoms with van der Waals surface area (Å²) in [5.41, 5.74) is 0.857. The molecule has 5 nitrogen and oxygen atoms in total. The molecular formula is C15H20N2O3. The number of piperidine rings is 1. The second kappa shape index (κ2) is 6.41. The number of hydrogen-bond donors (Lipinski definition) is 1. The number of esters is 1. The van der Waals surface area contributed by atoms with Crippen molar-refractivity contribution in [3.05, 3.63) is 29.8 Å². The molecule has 1 unspecified atom stereocenters. The number of amides is 2. The molecule has 5 heteroatoms. The molecule has 1 atom stereocenters. The van der Waals surface area contributed by atoms with Crippen LogP contribution in [-0.4, -0.2) is 37.1 Å². The molecule has 1 aromatic carbocycles. The van der Waals surface area contributed by atoms with Gasteiger partial charge in [-0.1, -0.05) is 19.1 Å². The highest BCUT2D eigenvalue weighted by atomic mass is 16.5. The molecule has 0 bridgehead atoms. The molecule has 1 saturated heterocycles. The van der Waals surface area contributed by atoms with Gasteiger partial charge in [0.25, 0.3) is 0 Å². The van der Waals surface area contributed by atoms with Crippen molar-refractivity contribution in [3.8, 4) is 0 Å². The first-order valence-electron chi connectivity index (χ1n) is 6.85. The SMILES string of the molecule is COC(=O)c1ccccc1NC(=O)N1CCCC(C)C1. The van der Waals surface area contributed by atoms with E-state index in [2.05, 4.69) is 12.2 Å². The van der Waals surface area contributed by atoms with Gasteiger partial charge in [0, 0.05) is 13.1 Å². The topological polar surface area (TPSA) is 58.6 Å². The molecule has 0 saturated carbocycles. The number of carbonyl (C=O) groups is 2. The van der Waals surface area contributed by atoms with E-state index < -0.39 is 5.97 Å². The quantitative estimate of drug-likeness (QED) is 0.845. The van der Waals surface area contributed by atoms with E-state index in [9.17, 15) is 9.59 Å². The molecule has 1 aromatic rings. The highest BCUT2D eigenvalue weighted by Gasteiger charge is 2.22. The van der Waals surface area contributed by atoms with Gasteiger partial charge in [-0.25, -0.2) is 9.59 Å². The minimum absolute atomic E-state index is 0.159. The molecule has 2 amide bonds. The number of nitrogens with one attached hydrogen (secondary N) is 1. The lowest BCUT2D eigenvalue weighted by molar-refractivity contribution is 0.0602. The zero-order chi connectivity index (χ0) is 14.5. The average molecular weight is 276 g/mol. The van der Waals surface area contributed by atoms with Crippen LogP contribution in [-0.2, 0) is 4.74 Å². The maximum absolute atomic E-state index is 12.2. The first-order chi connectivity index (χ1) is 9.61. The lowest BCUT2D eigenvalue weighted by Crippen LogP contribution is -2.41. The second-order valence-corrected chi connectivity index (χ2v) is 5.16. The van der Waals surface area contributed by atoms with Gasteiger partial charge >= 0.3 is 12.0 Å². The molecule has 20 heavy (non-hydrogen) atoms. The average Bonchev–Trinajstić information content (AvgIpc) is 2.47. The van der Waals surface area contributed by atoms with Crippen LogP contribution >= 0.6 is 0 Å². The molecule has 108 valence electrons. The van der Waals surface area contributed by atoms with Gasteiger partial charge in [-0.3, -0.25) is 0 Å². The summed E-state index contributed by atoms with van der Waals surface area (Å²) in [7, 11) is 1.33. The molecule has 1 aliphatic heterocycles. The van der Waals surface area contributed by atoms with Crippen LogP contribution in [0.2, 0.25) is 0 Å². The summed E-state index contributed by atoms with van der Waals surface area (Å²) in [5, 5.41) is 2.80. The van der Waals surface area contributed by atoms with E-state index in [1.807, 2.05) is 0 Å². The lowest BCUT2D eigenvalue weighted by atomic mass is 10.0. The summed E-state index contributed by atoms with van der Waals surface area (Å²) < 4.78 is 4.72. The van der Waals surface area contributed by atoms with Crippen molar-refractivity contribution in [1.29, 1.82) is 0 Å². The summed E-state index contributed by atoms with van der Waals surface area (Å²) in [6.07, 6.45) is 2.18. The van der Waals surface area contributed by atoms with Crippen molar-refractivity contribution < 1.29 is 14.3 Å². The molecule has 0 aromatic heterocycles. The standard InChI is InChI=1S/C15H20N2O3/c1-11-6-5-9-17(10-11)15(19)16-13-8-4-3-7-12(13)14(18)20-2/h3-4,7-8,11H,5-6,9-10H2,1-2H3,(H,16,19). The molecular weight excluding hydrogens is 256 g/mol. The molecule has 1 fully saturated rings. The number of rotatable bonds is 2. The van der Waals surface area contributed by atoms with Gasteiger partial charge in [-0.2, -0.15) is 0 Å². The third-order valence-corrected chi connectivity index (χ3v) is 3.52. The fraction of sp³-hybridized carbons (Fsp3) is 0.467. The van der Waals surface area contributed by atoms with Gasteiger partial charge in [0.1, 0.15) is 0 Å². The molecule has 0 spiro atoms. The Hall–Kier alpha value is -2.04. The Labute approximate surface area is 118 Å². The van der Waals surface area contributed by atoms with E-state index in [0.717, 1.165) is 25.9 Å². The third-order valence-electron chi connectivity index (χ3n) is 3.52. The van der Waals surface area contributed by atoms with E-state index in [4.69, 9.17) is 4.74 Å². The van der Waals surface area contributed by atoms with Gasteiger partial charge < -0.3 is 15.0 Å². The number of ether oxygens (including phenoxy) is 1. The molecule has 0 aliphatic carbocycles. The fourth-order valence-electron chi connectivity index (χ4n) is 2.45. The van der Waals surface area contributed by atoms with Gasteiger partial charge in [0.05, 0.1) is 18.4 Å². The molecule has 1 N–H and O–H groups in total. The van der Waals surface area contributed by atoms with E-state index >= 15 is 0 Å². The number of benzene rings is 1. The van der Waals surface area contributed by atoms with Gasteiger partial charge in [0.2, 0.25) is 0 Å². The molecule has 0 radical (unpaired) electrons. The minimum atomic E-state index is -0.451. The lowest BCUT2D eigenvalue weighted by Gasteiger charge is -2.31. The smallest absolute Gasteiger partial charge is 0.339 e. The minimum Gasteiger partial charge on any atom is -0.465 e. The van der Waals surface area contributed by atoms with Crippen molar-refractivity contribution in [2.75, 3.05) is 25.5 Å². The van der Waals surface area contributed by atoms with Crippen molar-refractivity contribution in [2.45, 2.75) is 19.8 Å². The number of urea groups is 1. The summed E-state index contributed by atoms with van der Waals surface area (Å²) in [6.45, 7) is 3.66. The van der Waals surface area contributed by atoms with Crippen LogP contribution in [0.5, 0.6) is 0 Å².